The normalized spacial score (nSPS) is 23.4. The monoisotopic (exact) mass is 209 g/mol. The Kier molecular flexibility index (Phi) is 2.02. The molecule has 1 atom stereocenters. The number of nitrogens with zero attached hydrogens (tertiary/aromatic N) is 1. The number of hydrogen-bond acceptors (Lipinski definition) is 4. The van der Waals surface area contributed by atoms with Crippen LogP contribution in [0.5, 0.6) is 5.75 Å². The van der Waals surface area contributed by atoms with E-state index >= 15 is 0 Å². The second-order valence-corrected chi connectivity index (χ2v) is 5.12. The number of ether oxygens (including phenoxy) is 1. The average molecular weight is 209 g/mol. The van der Waals surface area contributed by atoms with E-state index in [0.717, 1.165) is 4.88 Å². The maximum atomic E-state index is 9.83. The van der Waals surface area contributed by atoms with Crippen molar-refractivity contribution in [1.29, 1.82) is 5.26 Å². The fraction of sp³-hybridized carbons (Fsp3) is 0.500. The lowest BCUT2D eigenvalue weighted by molar-refractivity contribution is 0.0145. The summed E-state index contributed by atoms with van der Waals surface area (Å²) in [7, 11) is 0. The molecule has 0 spiro atoms. The fourth-order valence-corrected chi connectivity index (χ4v) is 2.52. The third-order valence-corrected chi connectivity index (χ3v) is 3.33. The molecule has 4 heteroatoms. The Balaban J connectivity index is 2.44. The van der Waals surface area contributed by atoms with E-state index in [1.807, 2.05) is 13.8 Å². The summed E-state index contributed by atoms with van der Waals surface area (Å²) < 4.78 is 5.67. The first-order valence-electron chi connectivity index (χ1n) is 4.43. The minimum Gasteiger partial charge on any atom is -0.486 e. The lowest BCUT2D eigenvalue weighted by Crippen LogP contribution is -2.33. The van der Waals surface area contributed by atoms with Gasteiger partial charge in [0, 0.05) is 12.5 Å². The van der Waals surface area contributed by atoms with Gasteiger partial charge in [-0.25, -0.2) is 0 Å². The molecule has 1 aliphatic heterocycles. The summed E-state index contributed by atoms with van der Waals surface area (Å²) in [6.07, 6.45) is 0.0756. The summed E-state index contributed by atoms with van der Waals surface area (Å²) in [5.41, 5.74) is -0.347. The number of aliphatic hydroxyl groups excluding tert-OH is 1. The SMILES string of the molecule is CC1(C)CC(O)c2sc(C#N)cc2O1. The first-order chi connectivity index (χ1) is 6.52. The second kappa shape index (κ2) is 2.97. The summed E-state index contributed by atoms with van der Waals surface area (Å²) in [6, 6.07) is 3.76. The van der Waals surface area contributed by atoms with E-state index in [9.17, 15) is 5.11 Å². The summed E-state index contributed by atoms with van der Waals surface area (Å²) in [4.78, 5) is 1.37. The number of thiophene rings is 1. The highest BCUT2D eigenvalue weighted by molar-refractivity contribution is 7.13. The molecular weight excluding hydrogens is 198 g/mol. The van der Waals surface area contributed by atoms with Gasteiger partial charge in [-0.05, 0) is 13.8 Å². The largest absolute Gasteiger partial charge is 0.486 e. The Labute approximate surface area is 86.6 Å². The molecule has 0 aliphatic carbocycles. The summed E-state index contributed by atoms with van der Waals surface area (Å²) in [6.45, 7) is 3.87. The number of nitriles is 1. The topological polar surface area (TPSA) is 53.2 Å². The van der Waals surface area contributed by atoms with Crippen LogP contribution in [-0.4, -0.2) is 10.7 Å². The molecular formula is C10H11NO2S. The molecule has 1 aromatic rings. The molecule has 1 N–H and O–H groups in total. The van der Waals surface area contributed by atoms with Crippen molar-refractivity contribution < 1.29 is 9.84 Å². The van der Waals surface area contributed by atoms with E-state index in [1.54, 1.807) is 6.07 Å². The van der Waals surface area contributed by atoms with E-state index in [2.05, 4.69) is 6.07 Å². The summed E-state index contributed by atoms with van der Waals surface area (Å²) in [5, 5.41) is 18.6. The zero-order valence-corrected chi connectivity index (χ0v) is 8.89. The minimum absolute atomic E-state index is 0.347. The molecule has 0 saturated heterocycles. The van der Waals surface area contributed by atoms with Crippen LogP contribution in [0.4, 0.5) is 0 Å². The van der Waals surface area contributed by atoms with Crippen LogP contribution >= 0.6 is 11.3 Å². The van der Waals surface area contributed by atoms with Gasteiger partial charge < -0.3 is 9.84 Å². The third-order valence-electron chi connectivity index (χ3n) is 2.21. The van der Waals surface area contributed by atoms with Crippen LogP contribution < -0.4 is 4.74 Å². The van der Waals surface area contributed by atoms with Crippen LogP contribution in [0.15, 0.2) is 6.07 Å². The van der Waals surface area contributed by atoms with Gasteiger partial charge in [0.2, 0.25) is 0 Å². The molecule has 1 unspecified atom stereocenters. The predicted molar refractivity (Wildman–Crippen MR) is 53.3 cm³/mol. The molecule has 1 aliphatic rings. The van der Waals surface area contributed by atoms with Crippen molar-refractivity contribution in [3.8, 4) is 11.8 Å². The van der Waals surface area contributed by atoms with Crippen LogP contribution in [0.1, 0.15) is 36.1 Å². The summed E-state index contributed by atoms with van der Waals surface area (Å²) >= 11 is 1.31. The van der Waals surface area contributed by atoms with Gasteiger partial charge in [0.05, 0.1) is 11.0 Å². The number of fused-ring (bicyclic) bond motifs is 1. The second-order valence-electron chi connectivity index (χ2n) is 4.03. The Morgan fingerprint density at radius 2 is 2.43 bits per heavy atom. The minimum atomic E-state index is -0.499. The van der Waals surface area contributed by atoms with Crippen molar-refractivity contribution in [3.63, 3.8) is 0 Å². The van der Waals surface area contributed by atoms with E-state index < -0.39 is 6.10 Å². The Bertz CT molecular complexity index is 403. The number of rotatable bonds is 0. The molecule has 74 valence electrons. The van der Waals surface area contributed by atoms with Crippen molar-refractivity contribution in [2.45, 2.75) is 32.0 Å². The molecule has 2 rings (SSSR count). The highest BCUT2D eigenvalue weighted by Crippen LogP contribution is 2.44. The van der Waals surface area contributed by atoms with Gasteiger partial charge in [-0.15, -0.1) is 11.3 Å². The maximum absolute atomic E-state index is 9.83. The fourth-order valence-electron chi connectivity index (χ4n) is 1.65. The quantitative estimate of drug-likeness (QED) is 0.712. The standard InChI is InChI=1S/C10H11NO2S/c1-10(2)4-7(12)9-8(13-10)3-6(5-11)14-9/h3,7,12H,4H2,1-2H3. The Morgan fingerprint density at radius 1 is 1.71 bits per heavy atom. The van der Waals surface area contributed by atoms with E-state index in [1.165, 1.54) is 11.3 Å². The van der Waals surface area contributed by atoms with Gasteiger partial charge in [-0.2, -0.15) is 5.26 Å². The average Bonchev–Trinajstić information content (AvgIpc) is 2.45. The number of aliphatic hydroxyl groups is 1. The van der Waals surface area contributed by atoms with Crippen LogP contribution in [0.3, 0.4) is 0 Å². The maximum Gasteiger partial charge on any atom is 0.138 e. The van der Waals surface area contributed by atoms with Crippen LogP contribution in [0.25, 0.3) is 0 Å². The third kappa shape index (κ3) is 1.49. The van der Waals surface area contributed by atoms with Crippen molar-refractivity contribution in [2.24, 2.45) is 0 Å². The molecule has 0 fully saturated rings. The van der Waals surface area contributed by atoms with Gasteiger partial charge in [0.1, 0.15) is 22.3 Å². The van der Waals surface area contributed by atoms with Gasteiger partial charge in [-0.1, -0.05) is 0 Å². The molecule has 0 radical (unpaired) electrons. The lowest BCUT2D eigenvalue weighted by Gasteiger charge is -2.33. The van der Waals surface area contributed by atoms with E-state index in [4.69, 9.17) is 10.00 Å². The highest BCUT2D eigenvalue weighted by Gasteiger charge is 2.34. The molecule has 0 bridgehead atoms. The molecule has 2 heterocycles. The predicted octanol–water partition coefficient (Wildman–Crippen LogP) is 2.21. The molecule has 1 aromatic heterocycles. The highest BCUT2D eigenvalue weighted by atomic mass is 32.1. The zero-order chi connectivity index (χ0) is 10.3. The van der Waals surface area contributed by atoms with Gasteiger partial charge in [-0.3, -0.25) is 0 Å². The molecule has 14 heavy (non-hydrogen) atoms. The molecule has 0 saturated carbocycles. The molecule has 0 amide bonds. The number of hydrogen-bond donors (Lipinski definition) is 1. The van der Waals surface area contributed by atoms with Gasteiger partial charge >= 0.3 is 0 Å². The lowest BCUT2D eigenvalue weighted by atomic mass is 9.96. The Hall–Kier alpha value is -1.05. The van der Waals surface area contributed by atoms with E-state index in [0.29, 0.717) is 17.0 Å². The summed E-state index contributed by atoms with van der Waals surface area (Å²) in [5.74, 6) is 0.662. The van der Waals surface area contributed by atoms with Gasteiger partial charge in [0.15, 0.2) is 0 Å². The van der Waals surface area contributed by atoms with Crippen LogP contribution in [0.2, 0.25) is 0 Å². The first kappa shape index (κ1) is 9.50. The molecule has 0 aromatic carbocycles. The smallest absolute Gasteiger partial charge is 0.138 e. The van der Waals surface area contributed by atoms with Crippen LogP contribution in [-0.2, 0) is 0 Å². The molecule has 3 nitrogen and oxygen atoms in total. The van der Waals surface area contributed by atoms with Gasteiger partial charge in [0.25, 0.3) is 0 Å². The first-order valence-corrected chi connectivity index (χ1v) is 5.24. The van der Waals surface area contributed by atoms with Crippen LogP contribution in [0, 0.1) is 11.3 Å². The van der Waals surface area contributed by atoms with Crippen molar-refractivity contribution in [1.82, 2.24) is 0 Å². The van der Waals surface area contributed by atoms with Crippen molar-refractivity contribution >= 4 is 11.3 Å². The zero-order valence-electron chi connectivity index (χ0n) is 8.07. The van der Waals surface area contributed by atoms with Crippen molar-refractivity contribution in [3.05, 3.63) is 15.8 Å². The van der Waals surface area contributed by atoms with Crippen molar-refractivity contribution in [2.75, 3.05) is 0 Å². The Morgan fingerprint density at radius 3 is 3.07 bits per heavy atom. The van der Waals surface area contributed by atoms with E-state index in [-0.39, 0.29) is 5.60 Å².